The van der Waals surface area contributed by atoms with Crippen LogP contribution in [0.25, 0.3) is 10.9 Å². The maximum absolute atomic E-state index is 5.21. The van der Waals surface area contributed by atoms with E-state index < -0.39 is 0 Å². The van der Waals surface area contributed by atoms with Crippen LogP contribution in [0.5, 0.6) is 5.75 Å². The van der Waals surface area contributed by atoms with Crippen molar-refractivity contribution in [2.75, 3.05) is 7.11 Å². The molecule has 1 heterocycles. The number of nitrogens with zero attached hydrogens (tertiary/aromatic N) is 2. The third-order valence-corrected chi connectivity index (χ3v) is 3.10. The first-order valence-electron chi connectivity index (χ1n) is 5.11. The van der Waals surface area contributed by atoms with E-state index in [2.05, 4.69) is 39.7 Å². The van der Waals surface area contributed by atoms with Crippen molar-refractivity contribution in [3.05, 3.63) is 28.6 Å². The van der Waals surface area contributed by atoms with Crippen LogP contribution in [0.1, 0.15) is 25.5 Å². The number of ether oxygens (including phenoxy) is 1. The van der Waals surface area contributed by atoms with Crippen molar-refractivity contribution < 1.29 is 4.74 Å². The molecule has 0 aliphatic rings. The second-order valence-electron chi connectivity index (χ2n) is 3.92. The molecule has 1 aromatic carbocycles. The Balaban J connectivity index is 2.78. The van der Waals surface area contributed by atoms with Crippen molar-refractivity contribution in [3.63, 3.8) is 0 Å². The van der Waals surface area contributed by atoms with E-state index >= 15 is 0 Å². The van der Waals surface area contributed by atoms with Crippen molar-refractivity contribution in [1.82, 2.24) is 9.97 Å². The summed E-state index contributed by atoms with van der Waals surface area (Å²) in [6.07, 6.45) is 1.60. The zero-order valence-electron chi connectivity index (χ0n) is 9.49. The van der Waals surface area contributed by atoms with E-state index in [1.807, 2.05) is 12.1 Å². The van der Waals surface area contributed by atoms with Gasteiger partial charge in [0, 0.05) is 15.9 Å². The number of benzene rings is 1. The summed E-state index contributed by atoms with van der Waals surface area (Å²) in [5.74, 6) is 1.17. The molecule has 0 bridgehead atoms. The minimum absolute atomic E-state index is 0.371. The van der Waals surface area contributed by atoms with Gasteiger partial charge in [-0.2, -0.15) is 0 Å². The molecule has 4 heteroatoms. The van der Waals surface area contributed by atoms with Gasteiger partial charge in [-0.1, -0.05) is 13.8 Å². The average molecular weight is 281 g/mol. The number of rotatable bonds is 2. The lowest BCUT2D eigenvalue weighted by atomic mass is 10.0. The van der Waals surface area contributed by atoms with Crippen LogP contribution in [0.4, 0.5) is 0 Å². The number of methoxy groups -OCH3 is 1. The fourth-order valence-corrected chi connectivity index (χ4v) is 2.33. The number of halogens is 1. The Morgan fingerprint density at radius 3 is 2.62 bits per heavy atom. The van der Waals surface area contributed by atoms with Crippen LogP contribution >= 0.6 is 15.9 Å². The number of aromatic nitrogens is 2. The van der Waals surface area contributed by atoms with Crippen molar-refractivity contribution in [2.45, 2.75) is 19.8 Å². The zero-order valence-corrected chi connectivity index (χ0v) is 11.1. The number of fused-ring (bicyclic) bond motifs is 1. The molecule has 84 valence electrons. The molecule has 2 rings (SSSR count). The highest BCUT2D eigenvalue weighted by atomic mass is 79.9. The third-order valence-electron chi connectivity index (χ3n) is 2.48. The molecule has 0 fully saturated rings. The van der Waals surface area contributed by atoms with Crippen LogP contribution in [0, 0.1) is 0 Å². The van der Waals surface area contributed by atoms with Gasteiger partial charge in [0.2, 0.25) is 0 Å². The molecule has 1 aromatic heterocycles. The van der Waals surface area contributed by atoms with Crippen molar-refractivity contribution in [1.29, 1.82) is 0 Å². The van der Waals surface area contributed by atoms with Gasteiger partial charge in [-0.15, -0.1) is 0 Å². The molecular formula is C12H13BrN2O. The third kappa shape index (κ3) is 1.89. The van der Waals surface area contributed by atoms with Crippen LogP contribution in [-0.4, -0.2) is 17.1 Å². The van der Waals surface area contributed by atoms with E-state index in [9.17, 15) is 0 Å². The van der Waals surface area contributed by atoms with E-state index in [4.69, 9.17) is 4.74 Å². The van der Waals surface area contributed by atoms with Crippen LogP contribution in [-0.2, 0) is 0 Å². The van der Waals surface area contributed by atoms with Crippen LogP contribution in [0.15, 0.2) is 22.9 Å². The van der Waals surface area contributed by atoms with Crippen molar-refractivity contribution in [3.8, 4) is 5.75 Å². The molecule has 0 radical (unpaired) electrons. The first-order valence-corrected chi connectivity index (χ1v) is 5.91. The molecule has 0 amide bonds. The summed E-state index contributed by atoms with van der Waals surface area (Å²) in [7, 11) is 1.65. The van der Waals surface area contributed by atoms with E-state index in [0.717, 1.165) is 26.8 Å². The molecule has 0 aliphatic heterocycles. The summed E-state index contributed by atoms with van der Waals surface area (Å²) in [6.45, 7) is 4.25. The summed E-state index contributed by atoms with van der Waals surface area (Å²) in [5.41, 5.74) is 1.96. The lowest BCUT2D eigenvalue weighted by Gasteiger charge is -2.10. The minimum atomic E-state index is 0.371. The molecule has 0 spiro atoms. The van der Waals surface area contributed by atoms with Gasteiger partial charge in [0.15, 0.2) is 0 Å². The molecule has 16 heavy (non-hydrogen) atoms. The Morgan fingerprint density at radius 2 is 2.00 bits per heavy atom. The summed E-state index contributed by atoms with van der Waals surface area (Å²) in [5, 5.41) is 1.07. The lowest BCUT2D eigenvalue weighted by Crippen LogP contribution is -1.97. The highest BCUT2D eigenvalue weighted by Gasteiger charge is 2.11. The van der Waals surface area contributed by atoms with Gasteiger partial charge in [-0.05, 0) is 27.9 Å². The molecule has 2 aromatic rings. The largest absolute Gasteiger partial charge is 0.497 e. The SMILES string of the molecule is COc1cc(Br)c2c(C(C)C)ncnc2c1. The Labute approximate surface area is 103 Å². The monoisotopic (exact) mass is 280 g/mol. The molecule has 0 saturated carbocycles. The van der Waals surface area contributed by atoms with Gasteiger partial charge in [-0.3, -0.25) is 0 Å². The number of hydrogen-bond donors (Lipinski definition) is 0. The Morgan fingerprint density at radius 1 is 1.25 bits per heavy atom. The molecule has 0 N–H and O–H groups in total. The Bertz CT molecular complexity index is 526. The predicted octanol–water partition coefficient (Wildman–Crippen LogP) is 3.52. The van der Waals surface area contributed by atoms with E-state index in [0.29, 0.717) is 5.92 Å². The molecule has 0 aliphatic carbocycles. The maximum atomic E-state index is 5.21. The van der Waals surface area contributed by atoms with Gasteiger partial charge >= 0.3 is 0 Å². The predicted molar refractivity (Wildman–Crippen MR) is 67.9 cm³/mol. The summed E-state index contributed by atoms with van der Waals surface area (Å²) >= 11 is 3.55. The van der Waals surface area contributed by atoms with Gasteiger partial charge in [0.1, 0.15) is 12.1 Å². The smallest absolute Gasteiger partial charge is 0.122 e. The maximum Gasteiger partial charge on any atom is 0.122 e. The second-order valence-corrected chi connectivity index (χ2v) is 4.77. The van der Waals surface area contributed by atoms with Crippen molar-refractivity contribution in [2.24, 2.45) is 0 Å². The van der Waals surface area contributed by atoms with Crippen LogP contribution in [0.3, 0.4) is 0 Å². The van der Waals surface area contributed by atoms with Gasteiger partial charge < -0.3 is 4.74 Å². The minimum Gasteiger partial charge on any atom is -0.497 e. The highest BCUT2D eigenvalue weighted by Crippen LogP contribution is 2.32. The quantitative estimate of drug-likeness (QED) is 0.844. The van der Waals surface area contributed by atoms with Gasteiger partial charge in [0.25, 0.3) is 0 Å². The topological polar surface area (TPSA) is 35.0 Å². The molecule has 0 atom stereocenters. The normalized spacial score (nSPS) is 11.1. The molecule has 3 nitrogen and oxygen atoms in total. The molecule has 0 unspecified atom stereocenters. The van der Waals surface area contributed by atoms with Gasteiger partial charge in [0.05, 0.1) is 18.3 Å². The fraction of sp³-hybridized carbons (Fsp3) is 0.333. The van der Waals surface area contributed by atoms with Gasteiger partial charge in [-0.25, -0.2) is 9.97 Å². The Kier molecular flexibility index (Phi) is 3.10. The van der Waals surface area contributed by atoms with Crippen molar-refractivity contribution >= 4 is 26.8 Å². The zero-order chi connectivity index (χ0) is 11.7. The van der Waals surface area contributed by atoms with E-state index in [1.165, 1.54) is 0 Å². The summed E-state index contributed by atoms with van der Waals surface area (Å²) in [6, 6.07) is 3.87. The fourth-order valence-electron chi connectivity index (χ4n) is 1.70. The molecular weight excluding hydrogens is 268 g/mol. The van der Waals surface area contributed by atoms with Crippen LogP contribution < -0.4 is 4.74 Å². The highest BCUT2D eigenvalue weighted by molar-refractivity contribution is 9.10. The Hall–Kier alpha value is -1.16. The van der Waals surface area contributed by atoms with E-state index in [-0.39, 0.29) is 0 Å². The first-order chi connectivity index (χ1) is 7.63. The van der Waals surface area contributed by atoms with Crippen LogP contribution in [0.2, 0.25) is 0 Å². The summed E-state index contributed by atoms with van der Waals surface area (Å²) < 4.78 is 6.19. The number of hydrogen-bond acceptors (Lipinski definition) is 3. The average Bonchev–Trinajstić information content (AvgIpc) is 2.27. The van der Waals surface area contributed by atoms with E-state index in [1.54, 1.807) is 13.4 Å². The lowest BCUT2D eigenvalue weighted by molar-refractivity contribution is 0.415. The second kappa shape index (κ2) is 4.37. The standard InChI is InChI=1S/C12H13BrN2O/c1-7(2)12-11-9(13)4-8(16-3)5-10(11)14-6-15-12/h4-7H,1-3H3. The first kappa shape index (κ1) is 11.3. The summed E-state index contributed by atoms with van der Waals surface area (Å²) in [4.78, 5) is 8.61. The molecule has 0 saturated heterocycles.